The van der Waals surface area contributed by atoms with Crippen molar-refractivity contribution in [3.63, 3.8) is 0 Å². The first-order valence-corrected chi connectivity index (χ1v) is 13.6. The van der Waals surface area contributed by atoms with E-state index in [1.807, 2.05) is 24.4 Å². The number of fused-ring (bicyclic) bond motifs is 3. The maximum absolute atomic E-state index is 14.1. The Kier molecular flexibility index (Phi) is 5.98. The molecule has 4 aromatic rings. The van der Waals surface area contributed by atoms with Crippen molar-refractivity contribution in [2.24, 2.45) is 5.41 Å². The quantitative estimate of drug-likeness (QED) is 0.321. The molecule has 1 saturated carbocycles. The summed E-state index contributed by atoms with van der Waals surface area (Å²) in [6, 6.07) is 12.7. The van der Waals surface area contributed by atoms with Crippen LogP contribution in [0.1, 0.15) is 30.4 Å². The van der Waals surface area contributed by atoms with Gasteiger partial charge in [0, 0.05) is 55.2 Å². The van der Waals surface area contributed by atoms with E-state index in [1.54, 1.807) is 23.1 Å². The number of hydrogen-bond acceptors (Lipinski definition) is 9. The van der Waals surface area contributed by atoms with E-state index in [0.717, 1.165) is 54.9 Å². The number of pyridine rings is 3. The Morgan fingerprint density at radius 1 is 1.10 bits per heavy atom. The van der Waals surface area contributed by atoms with Crippen molar-refractivity contribution in [2.75, 3.05) is 31.7 Å². The zero-order chi connectivity index (χ0) is 28.1. The molecule has 3 aliphatic heterocycles. The van der Waals surface area contributed by atoms with Crippen molar-refractivity contribution in [1.82, 2.24) is 24.5 Å². The third kappa shape index (κ3) is 4.48. The fraction of sp³-hybridized carbons (Fsp3) is 0.367. The molecule has 206 valence electrons. The van der Waals surface area contributed by atoms with Crippen LogP contribution < -0.4 is 14.4 Å². The Balaban J connectivity index is 1.08. The summed E-state index contributed by atoms with van der Waals surface area (Å²) in [6.07, 6.45) is 9.59. The van der Waals surface area contributed by atoms with Gasteiger partial charge in [-0.25, -0.2) is 18.9 Å². The lowest BCUT2D eigenvalue weighted by Crippen LogP contribution is -2.68. The monoisotopic (exact) mass is 550 g/mol. The van der Waals surface area contributed by atoms with Crippen LogP contribution in [0.3, 0.4) is 0 Å². The summed E-state index contributed by atoms with van der Waals surface area (Å²) in [6.45, 7) is 2.66. The summed E-state index contributed by atoms with van der Waals surface area (Å²) >= 11 is 0. The van der Waals surface area contributed by atoms with Crippen LogP contribution in [0.4, 0.5) is 10.2 Å². The van der Waals surface area contributed by atoms with Gasteiger partial charge >= 0.3 is 0 Å². The maximum atomic E-state index is 14.1. The lowest BCUT2D eigenvalue weighted by Gasteiger charge is -2.56. The second-order valence-electron chi connectivity index (χ2n) is 11.1. The number of hydrogen-bond donors (Lipinski definition) is 0. The van der Waals surface area contributed by atoms with Crippen molar-refractivity contribution in [2.45, 2.75) is 37.9 Å². The molecule has 4 fully saturated rings. The second-order valence-corrected chi connectivity index (χ2v) is 11.1. The number of piperazine rings is 1. The van der Waals surface area contributed by atoms with Gasteiger partial charge in [0.15, 0.2) is 5.82 Å². The Morgan fingerprint density at radius 3 is 2.59 bits per heavy atom. The van der Waals surface area contributed by atoms with E-state index in [0.29, 0.717) is 42.1 Å². The number of ether oxygens (including phenoxy) is 2. The molecule has 4 aliphatic rings. The molecular formula is C30H27FN8O2. The van der Waals surface area contributed by atoms with Crippen molar-refractivity contribution in [1.29, 1.82) is 10.5 Å². The van der Waals surface area contributed by atoms with Crippen LogP contribution >= 0.6 is 0 Å². The molecule has 0 spiro atoms. The molecule has 41 heavy (non-hydrogen) atoms. The molecule has 0 amide bonds. The van der Waals surface area contributed by atoms with Crippen LogP contribution in [-0.4, -0.2) is 63.4 Å². The highest BCUT2D eigenvalue weighted by molar-refractivity contribution is 5.85. The van der Waals surface area contributed by atoms with E-state index in [9.17, 15) is 14.9 Å². The van der Waals surface area contributed by atoms with Crippen LogP contribution in [0.15, 0.2) is 49.1 Å². The molecule has 2 bridgehead atoms. The number of nitriles is 2. The average Bonchev–Trinajstić information content (AvgIpc) is 3.68. The Hall–Kier alpha value is -4.74. The molecule has 3 saturated heterocycles. The number of piperidine rings is 1. The van der Waals surface area contributed by atoms with Crippen molar-refractivity contribution in [3.8, 4) is 34.9 Å². The third-order valence-corrected chi connectivity index (χ3v) is 8.46. The predicted molar refractivity (Wildman–Crippen MR) is 147 cm³/mol. The molecule has 2 unspecified atom stereocenters. The van der Waals surface area contributed by atoms with Crippen LogP contribution in [0.5, 0.6) is 11.6 Å². The van der Waals surface area contributed by atoms with Gasteiger partial charge in [0.1, 0.15) is 24.2 Å². The van der Waals surface area contributed by atoms with Gasteiger partial charge in [0.2, 0.25) is 5.88 Å². The summed E-state index contributed by atoms with van der Waals surface area (Å²) in [4.78, 5) is 13.6. The second kappa shape index (κ2) is 9.72. The summed E-state index contributed by atoms with van der Waals surface area (Å²) in [5.41, 5.74) is 3.24. The molecule has 10 nitrogen and oxygen atoms in total. The van der Waals surface area contributed by atoms with Crippen LogP contribution in [0.25, 0.3) is 16.6 Å². The van der Waals surface area contributed by atoms with Crippen molar-refractivity contribution in [3.05, 3.63) is 66.0 Å². The minimum absolute atomic E-state index is 0.0148. The van der Waals surface area contributed by atoms with Gasteiger partial charge < -0.3 is 14.4 Å². The Bertz CT molecular complexity index is 1710. The lowest BCUT2D eigenvalue weighted by atomic mass is 9.87. The van der Waals surface area contributed by atoms with Gasteiger partial charge in [0.25, 0.3) is 0 Å². The van der Waals surface area contributed by atoms with Gasteiger partial charge in [0.05, 0.1) is 42.1 Å². The molecular weight excluding hydrogens is 523 g/mol. The molecule has 4 aromatic heterocycles. The van der Waals surface area contributed by atoms with E-state index in [2.05, 4.69) is 32.0 Å². The summed E-state index contributed by atoms with van der Waals surface area (Å²) in [7, 11) is 1.41. The van der Waals surface area contributed by atoms with Crippen LogP contribution in [0, 0.1) is 33.9 Å². The molecule has 7 heterocycles. The first kappa shape index (κ1) is 25.2. The Labute approximate surface area is 236 Å². The molecule has 0 N–H and O–H groups in total. The first-order chi connectivity index (χ1) is 20.0. The highest BCUT2D eigenvalue weighted by atomic mass is 19.1. The third-order valence-electron chi connectivity index (χ3n) is 8.46. The SMILES string of the molecule is COc1ncc(CN2C3CC2CN(c2ccc(-c4cc(OCC5(C#N)CC5)cn5ncc(C#N)c45)cn2)C3)cc1F. The summed E-state index contributed by atoms with van der Waals surface area (Å²) in [5.74, 6) is 1.06. The van der Waals surface area contributed by atoms with Gasteiger partial charge in [-0.15, -0.1) is 0 Å². The topological polar surface area (TPSA) is 116 Å². The van der Waals surface area contributed by atoms with Gasteiger partial charge in [-0.2, -0.15) is 15.6 Å². The van der Waals surface area contributed by atoms with Crippen LogP contribution in [-0.2, 0) is 6.54 Å². The fourth-order valence-electron chi connectivity index (χ4n) is 5.92. The number of halogens is 1. The minimum atomic E-state index is -0.442. The van der Waals surface area contributed by atoms with Crippen LogP contribution in [0.2, 0.25) is 0 Å². The van der Waals surface area contributed by atoms with E-state index < -0.39 is 11.2 Å². The number of aromatic nitrogens is 4. The average molecular weight is 551 g/mol. The first-order valence-electron chi connectivity index (χ1n) is 13.6. The number of anilines is 1. The number of methoxy groups -OCH3 is 1. The highest BCUT2D eigenvalue weighted by Crippen LogP contribution is 2.45. The van der Waals surface area contributed by atoms with Gasteiger partial charge in [-0.3, -0.25) is 4.90 Å². The van der Waals surface area contributed by atoms with Gasteiger partial charge in [-0.1, -0.05) is 0 Å². The molecule has 2 atom stereocenters. The van der Waals surface area contributed by atoms with E-state index >= 15 is 0 Å². The number of nitrogens with zero attached hydrogens (tertiary/aromatic N) is 8. The largest absolute Gasteiger partial charge is 0.490 e. The van der Waals surface area contributed by atoms with E-state index in [-0.39, 0.29) is 5.88 Å². The predicted octanol–water partition coefficient (Wildman–Crippen LogP) is 3.96. The smallest absolute Gasteiger partial charge is 0.250 e. The maximum Gasteiger partial charge on any atom is 0.250 e. The normalized spacial score (nSPS) is 20.6. The standard InChI is InChI=1S/C30H27FN8O2/c1-40-29-26(31)6-19(10-35-29)13-38-22-7-23(38)15-37(14-22)27-3-2-20(11-34-27)25-8-24(41-18-30(17-33)4-5-30)16-39-28(25)21(9-32)12-36-39/h2-3,6,8,10-12,16,22-23H,4-5,7,13-15,18H2,1H3. The van der Waals surface area contributed by atoms with Gasteiger partial charge in [-0.05, 0) is 49.1 Å². The zero-order valence-corrected chi connectivity index (χ0v) is 22.5. The van der Waals surface area contributed by atoms with E-state index in [4.69, 9.17) is 14.5 Å². The Morgan fingerprint density at radius 2 is 1.93 bits per heavy atom. The molecule has 11 heteroatoms. The molecule has 0 radical (unpaired) electrons. The lowest BCUT2D eigenvalue weighted by molar-refractivity contribution is -0.00884. The highest BCUT2D eigenvalue weighted by Gasteiger charge is 2.45. The zero-order valence-electron chi connectivity index (χ0n) is 22.5. The molecule has 1 aliphatic carbocycles. The molecule has 0 aromatic carbocycles. The van der Waals surface area contributed by atoms with Crippen molar-refractivity contribution >= 4 is 11.3 Å². The van der Waals surface area contributed by atoms with Crippen molar-refractivity contribution < 1.29 is 13.9 Å². The number of rotatable bonds is 8. The minimum Gasteiger partial charge on any atom is -0.490 e. The fourth-order valence-corrected chi connectivity index (χ4v) is 5.92. The van der Waals surface area contributed by atoms with E-state index in [1.165, 1.54) is 13.2 Å². The summed E-state index contributed by atoms with van der Waals surface area (Å²) in [5, 5.41) is 23.5. The molecule has 8 rings (SSSR count). The summed E-state index contributed by atoms with van der Waals surface area (Å²) < 4.78 is 26.7.